The molecule has 0 bridgehead atoms. The van der Waals surface area contributed by atoms with E-state index in [4.69, 9.17) is 9.47 Å². The van der Waals surface area contributed by atoms with Gasteiger partial charge in [-0.3, -0.25) is 4.79 Å². The van der Waals surface area contributed by atoms with Gasteiger partial charge in [-0.15, -0.1) is 0 Å². The summed E-state index contributed by atoms with van der Waals surface area (Å²) in [5.74, 6) is -0.135. The van der Waals surface area contributed by atoms with E-state index < -0.39 is 49.5 Å². The lowest BCUT2D eigenvalue weighted by Gasteiger charge is -2.40. The van der Waals surface area contributed by atoms with Crippen LogP contribution in [0.4, 0.5) is 0 Å². The maximum absolute atomic E-state index is 13.1. The van der Waals surface area contributed by atoms with E-state index in [2.05, 4.69) is 31.3 Å². The number of unbranched alkanes of at least 4 members (excludes halogenated alkanes) is 47. The van der Waals surface area contributed by atoms with Gasteiger partial charge in [0.1, 0.15) is 24.4 Å². The third kappa shape index (κ3) is 45.4. The second kappa shape index (κ2) is 56.2. The SMILES string of the molecule is CCCCCCCCCC/C=C\CCCCCCCCCCCCCCCCCCCCCC(=O)NC(COC1OC(CO)C(O)C(O)C1O)C(O)CCCCCCCCCCCCCCCCCCCCCCC. The van der Waals surface area contributed by atoms with Crippen LogP contribution < -0.4 is 5.32 Å². The van der Waals surface area contributed by atoms with Crippen molar-refractivity contribution in [3.05, 3.63) is 12.2 Å². The number of aliphatic hydroxyl groups is 5. The van der Waals surface area contributed by atoms with Gasteiger partial charge in [-0.2, -0.15) is 0 Å². The Bertz CT molecular complexity index is 1190. The van der Waals surface area contributed by atoms with Crippen LogP contribution in [0.2, 0.25) is 0 Å². The van der Waals surface area contributed by atoms with E-state index >= 15 is 0 Å². The number of hydrogen-bond acceptors (Lipinski definition) is 8. The number of carbonyl (C=O) groups excluding carboxylic acids is 1. The summed E-state index contributed by atoms with van der Waals surface area (Å²) in [6.45, 7) is 3.89. The zero-order valence-corrected chi connectivity index (χ0v) is 49.8. The molecule has 0 aromatic carbocycles. The first-order valence-electron chi connectivity index (χ1n) is 33.4. The van der Waals surface area contributed by atoms with Crippen molar-refractivity contribution in [1.29, 1.82) is 0 Å². The Morgan fingerprint density at radius 2 is 0.747 bits per heavy atom. The van der Waals surface area contributed by atoms with E-state index in [-0.39, 0.29) is 12.5 Å². The molecule has 1 amide bonds. The van der Waals surface area contributed by atoms with Crippen LogP contribution >= 0.6 is 0 Å². The summed E-state index contributed by atoms with van der Waals surface area (Å²) < 4.78 is 11.4. The summed E-state index contributed by atoms with van der Waals surface area (Å²) in [5, 5.41) is 54.9. The fourth-order valence-electron chi connectivity index (χ4n) is 11.1. The number of amides is 1. The highest BCUT2D eigenvalue weighted by atomic mass is 16.7. The lowest BCUT2D eigenvalue weighted by Crippen LogP contribution is -2.60. The molecule has 1 aliphatic heterocycles. The van der Waals surface area contributed by atoms with Gasteiger partial charge in [0.05, 0.1) is 25.4 Å². The number of allylic oxidation sites excluding steroid dienone is 2. The minimum atomic E-state index is -1.55. The molecular weight excluding hydrogens is 935 g/mol. The van der Waals surface area contributed by atoms with Crippen LogP contribution in [0, 0.1) is 0 Å². The normalized spacial score (nSPS) is 18.8. The van der Waals surface area contributed by atoms with Gasteiger partial charge in [-0.05, 0) is 38.5 Å². The molecule has 0 saturated carbocycles. The quantitative estimate of drug-likeness (QED) is 0.0261. The Balaban J connectivity index is 2.11. The molecule has 75 heavy (non-hydrogen) atoms. The number of nitrogens with one attached hydrogen (secondary N) is 1. The molecule has 0 spiro atoms. The lowest BCUT2D eigenvalue weighted by atomic mass is 9.99. The van der Waals surface area contributed by atoms with Gasteiger partial charge >= 0.3 is 0 Å². The van der Waals surface area contributed by atoms with E-state index in [1.54, 1.807) is 0 Å². The average molecular weight is 1060 g/mol. The standard InChI is InChI=1S/C66H129NO8/c1-3-5-7-9-11-13-15-17-19-21-23-25-26-27-28-29-30-31-32-33-34-36-38-40-42-44-46-48-50-52-54-56-62(70)67-59(58-74-66-65(73)64(72)63(71)61(57-68)75-66)60(69)55-53-51-49-47-45-43-41-39-37-35-24-22-20-18-16-14-12-10-8-6-4-2/h21,23,59-61,63-66,68-69,71-73H,3-20,22,24-58H2,1-2H3,(H,67,70)/b23-21-. The Hall–Kier alpha value is -1.07. The van der Waals surface area contributed by atoms with Gasteiger partial charge in [-0.1, -0.05) is 315 Å². The van der Waals surface area contributed by atoms with Crippen molar-refractivity contribution in [2.75, 3.05) is 13.2 Å². The van der Waals surface area contributed by atoms with Crippen molar-refractivity contribution in [3.8, 4) is 0 Å². The fraction of sp³-hybridized carbons (Fsp3) is 0.955. The maximum Gasteiger partial charge on any atom is 0.220 e. The van der Waals surface area contributed by atoms with E-state index in [1.807, 2.05) is 0 Å². The Morgan fingerprint density at radius 3 is 1.08 bits per heavy atom. The number of carbonyl (C=O) groups is 1. The van der Waals surface area contributed by atoms with Crippen molar-refractivity contribution >= 4 is 5.91 Å². The average Bonchev–Trinajstić information content (AvgIpc) is 3.41. The second-order valence-electron chi connectivity index (χ2n) is 23.6. The molecule has 1 rings (SSSR count). The summed E-state index contributed by atoms with van der Waals surface area (Å²) in [6.07, 6.45) is 64.1. The lowest BCUT2D eigenvalue weighted by molar-refractivity contribution is -0.302. The summed E-state index contributed by atoms with van der Waals surface area (Å²) in [7, 11) is 0. The Morgan fingerprint density at radius 1 is 0.440 bits per heavy atom. The molecule has 0 radical (unpaired) electrons. The molecule has 446 valence electrons. The maximum atomic E-state index is 13.1. The zero-order chi connectivity index (χ0) is 54.3. The molecule has 0 aliphatic carbocycles. The van der Waals surface area contributed by atoms with Crippen LogP contribution in [-0.4, -0.2) is 87.5 Å². The van der Waals surface area contributed by atoms with Gasteiger partial charge in [0.15, 0.2) is 6.29 Å². The summed E-state index contributed by atoms with van der Waals surface area (Å²) >= 11 is 0. The van der Waals surface area contributed by atoms with Crippen LogP contribution in [0.15, 0.2) is 12.2 Å². The largest absolute Gasteiger partial charge is 0.394 e. The minimum Gasteiger partial charge on any atom is -0.394 e. The zero-order valence-electron chi connectivity index (χ0n) is 49.8. The van der Waals surface area contributed by atoms with Crippen molar-refractivity contribution < 1.29 is 39.8 Å². The highest BCUT2D eigenvalue weighted by Crippen LogP contribution is 2.24. The fourth-order valence-corrected chi connectivity index (χ4v) is 11.1. The molecule has 9 heteroatoms. The first-order chi connectivity index (χ1) is 36.8. The number of aliphatic hydroxyl groups excluding tert-OH is 5. The first-order valence-corrected chi connectivity index (χ1v) is 33.4. The summed E-state index contributed by atoms with van der Waals surface area (Å²) in [4.78, 5) is 13.1. The van der Waals surface area contributed by atoms with Crippen LogP contribution in [-0.2, 0) is 14.3 Å². The number of rotatable bonds is 59. The molecule has 0 aromatic rings. The predicted octanol–water partition coefficient (Wildman–Crippen LogP) is 17.5. The predicted molar refractivity (Wildman–Crippen MR) is 318 cm³/mol. The van der Waals surface area contributed by atoms with E-state index in [0.29, 0.717) is 12.8 Å². The summed E-state index contributed by atoms with van der Waals surface area (Å²) in [5.41, 5.74) is 0. The Labute approximate surface area is 465 Å². The van der Waals surface area contributed by atoms with Gasteiger partial charge < -0.3 is 40.3 Å². The Kier molecular flexibility index (Phi) is 53.9. The van der Waals surface area contributed by atoms with Crippen molar-refractivity contribution in [3.63, 3.8) is 0 Å². The molecule has 7 unspecified atom stereocenters. The van der Waals surface area contributed by atoms with Crippen molar-refractivity contribution in [2.24, 2.45) is 0 Å². The first kappa shape index (κ1) is 71.9. The van der Waals surface area contributed by atoms with Crippen molar-refractivity contribution in [2.45, 2.75) is 391 Å². The van der Waals surface area contributed by atoms with Gasteiger partial charge in [-0.25, -0.2) is 0 Å². The topological polar surface area (TPSA) is 149 Å². The molecule has 1 aliphatic rings. The molecular formula is C66H129NO8. The number of ether oxygens (including phenoxy) is 2. The highest BCUT2D eigenvalue weighted by molar-refractivity contribution is 5.76. The van der Waals surface area contributed by atoms with E-state index in [1.165, 1.54) is 283 Å². The minimum absolute atomic E-state index is 0.132. The van der Waals surface area contributed by atoms with Crippen LogP contribution in [0.5, 0.6) is 0 Å². The molecule has 9 nitrogen and oxygen atoms in total. The van der Waals surface area contributed by atoms with Crippen molar-refractivity contribution in [1.82, 2.24) is 5.32 Å². The van der Waals surface area contributed by atoms with E-state index in [9.17, 15) is 30.3 Å². The van der Waals surface area contributed by atoms with Gasteiger partial charge in [0.25, 0.3) is 0 Å². The summed E-state index contributed by atoms with van der Waals surface area (Å²) in [6, 6.07) is -0.716. The third-order valence-corrected chi connectivity index (χ3v) is 16.4. The van der Waals surface area contributed by atoms with E-state index in [0.717, 1.165) is 38.5 Å². The molecule has 1 fully saturated rings. The molecule has 7 atom stereocenters. The highest BCUT2D eigenvalue weighted by Gasteiger charge is 2.44. The number of hydrogen-bond donors (Lipinski definition) is 6. The van der Waals surface area contributed by atoms with Gasteiger partial charge in [0, 0.05) is 6.42 Å². The molecule has 1 saturated heterocycles. The second-order valence-corrected chi connectivity index (χ2v) is 23.6. The monoisotopic (exact) mass is 1060 g/mol. The molecule has 0 aromatic heterocycles. The molecule has 6 N–H and O–H groups in total. The van der Waals surface area contributed by atoms with Gasteiger partial charge in [0.2, 0.25) is 5.91 Å². The van der Waals surface area contributed by atoms with Crippen LogP contribution in [0.1, 0.15) is 348 Å². The smallest absolute Gasteiger partial charge is 0.220 e. The third-order valence-electron chi connectivity index (χ3n) is 16.4. The molecule has 1 heterocycles. The van der Waals surface area contributed by atoms with Crippen LogP contribution in [0.25, 0.3) is 0 Å². The van der Waals surface area contributed by atoms with Crippen LogP contribution in [0.3, 0.4) is 0 Å².